The van der Waals surface area contributed by atoms with Crippen molar-refractivity contribution < 1.29 is 14.3 Å². The molecule has 0 saturated carbocycles. The van der Waals surface area contributed by atoms with Gasteiger partial charge in [-0.3, -0.25) is 9.69 Å². The Balaban J connectivity index is 1.44. The minimum absolute atomic E-state index is 0.120. The fourth-order valence-electron chi connectivity index (χ4n) is 4.08. The second-order valence-electron chi connectivity index (χ2n) is 7.31. The number of furan rings is 1. The molecule has 1 aromatic heterocycles. The Morgan fingerprint density at radius 1 is 1.36 bits per heavy atom. The van der Waals surface area contributed by atoms with E-state index >= 15 is 0 Å². The highest BCUT2D eigenvalue weighted by atomic mass is 16.4. The van der Waals surface area contributed by atoms with E-state index in [0.717, 1.165) is 51.9 Å². The van der Waals surface area contributed by atoms with E-state index in [9.17, 15) is 9.90 Å². The maximum Gasteiger partial charge on any atom is 0.234 e. The summed E-state index contributed by atoms with van der Waals surface area (Å²) < 4.78 is 5.29. The summed E-state index contributed by atoms with van der Waals surface area (Å²) in [6, 6.07) is 4.15. The summed E-state index contributed by atoms with van der Waals surface area (Å²) in [5.74, 6) is 0.730. The van der Waals surface area contributed by atoms with Gasteiger partial charge in [-0.25, -0.2) is 0 Å². The number of aliphatic hydroxyl groups excluding tert-OH is 1. The molecule has 2 aliphatic heterocycles. The number of aliphatic hydroxyl groups is 1. The van der Waals surface area contributed by atoms with E-state index in [1.54, 1.807) is 18.4 Å². The number of hydrogen-bond acceptors (Lipinski definition) is 5. The van der Waals surface area contributed by atoms with Crippen molar-refractivity contribution in [3.63, 3.8) is 0 Å². The molecule has 0 radical (unpaired) electrons. The lowest BCUT2D eigenvalue weighted by molar-refractivity contribution is -0.123. The standard InChI is InChI=1S/C19H31N3O3/c1-2-21-10-7-15(8-11-21)20-19(24)14-22-9-3-5-16(22)13-17(23)18-6-4-12-25-18/h4,6,12,15-17,23H,2-3,5,7-11,13-14H2,1H3,(H,20,24). The third-order valence-corrected chi connectivity index (χ3v) is 5.61. The van der Waals surface area contributed by atoms with E-state index in [4.69, 9.17) is 4.42 Å². The number of likely N-dealkylation sites (tertiary alicyclic amines) is 2. The predicted octanol–water partition coefficient (Wildman–Crippen LogP) is 1.77. The topological polar surface area (TPSA) is 69.0 Å². The number of rotatable bonds is 7. The van der Waals surface area contributed by atoms with Crippen molar-refractivity contribution in [3.05, 3.63) is 24.2 Å². The van der Waals surface area contributed by atoms with E-state index in [1.165, 1.54) is 0 Å². The van der Waals surface area contributed by atoms with Crippen molar-refractivity contribution in [1.82, 2.24) is 15.1 Å². The van der Waals surface area contributed by atoms with Gasteiger partial charge in [0, 0.05) is 25.2 Å². The smallest absolute Gasteiger partial charge is 0.234 e. The van der Waals surface area contributed by atoms with Gasteiger partial charge in [0.2, 0.25) is 5.91 Å². The highest BCUT2D eigenvalue weighted by molar-refractivity contribution is 5.78. The van der Waals surface area contributed by atoms with Crippen molar-refractivity contribution in [2.45, 2.75) is 57.2 Å². The molecule has 2 atom stereocenters. The Morgan fingerprint density at radius 3 is 2.84 bits per heavy atom. The van der Waals surface area contributed by atoms with Crippen LogP contribution in [0.4, 0.5) is 0 Å². The first-order valence-electron chi connectivity index (χ1n) is 9.63. The lowest BCUT2D eigenvalue weighted by Crippen LogP contribution is -2.48. The summed E-state index contributed by atoms with van der Waals surface area (Å²) >= 11 is 0. The monoisotopic (exact) mass is 349 g/mol. The van der Waals surface area contributed by atoms with Crippen LogP contribution in [0, 0.1) is 0 Å². The number of hydrogen-bond donors (Lipinski definition) is 2. The summed E-state index contributed by atoms with van der Waals surface area (Å²) in [5.41, 5.74) is 0. The Labute approximate surface area is 150 Å². The highest BCUT2D eigenvalue weighted by Crippen LogP contribution is 2.27. The molecule has 2 saturated heterocycles. The van der Waals surface area contributed by atoms with Crippen LogP contribution in [-0.2, 0) is 4.79 Å². The minimum Gasteiger partial charge on any atom is -0.467 e. The van der Waals surface area contributed by atoms with Crippen LogP contribution >= 0.6 is 0 Å². The van der Waals surface area contributed by atoms with Crippen LogP contribution in [-0.4, -0.2) is 65.6 Å². The molecule has 1 amide bonds. The molecule has 1 aromatic rings. The summed E-state index contributed by atoms with van der Waals surface area (Å²) in [4.78, 5) is 17.1. The summed E-state index contributed by atoms with van der Waals surface area (Å²) in [6.45, 7) is 6.78. The van der Waals surface area contributed by atoms with Gasteiger partial charge in [-0.15, -0.1) is 0 Å². The molecule has 0 spiro atoms. The first-order chi connectivity index (χ1) is 12.2. The SMILES string of the molecule is CCN1CCC(NC(=O)CN2CCCC2CC(O)c2ccco2)CC1. The number of carbonyl (C=O) groups excluding carboxylic acids is 1. The molecule has 0 aromatic carbocycles. The summed E-state index contributed by atoms with van der Waals surface area (Å²) in [7, 11) is 0. The van der Waals surface area contributed by atoms with Gasteiger partial charge in [0.1, 0.15) is 11.9 Å². The van der Waals surface area contributed by atoms with Crippen LogP contribution in [0.1, 0.15) is 50.9 Å². The third kappa shape index (κ3) is 5.06. The van der Waals surface area contributed by atoms with Gasteiger partial charge in [0.15, 0.2) is 0 Å². The zero-order chi connectivity index (χ0) is 17.6. The molecule has 2 N–H and O–H groups in total. The fourth-order valence-corrected chi connectivity index (χ4v) is 4.08. The minimum atomic E-state index is -0.595. The molecule has 3 rings (SSSR count). The lowest BCUT2D eigenvalue weighted by atomic mass is 10.0. The van der Waals surface area contributed by atoms with Gasteiger partial charge in [-0.1, -0.05) is 6.92 Å². The largest absolute Gasteiger partial charge is 0.467 e. The Morgan fingerprint density at radius 2 is 2.16 bits per heavy atom. The molecule has 2 aliphatic rings. The van der Waals surface area contributed by atoms with Gasteiger partial charge in [-0.2, -0.15) is 0 Å². The molecule has 6 nitrogen and oxygen atoms in total. The average molecular weight is 349 g/mol. The normalized spacial score (nSPS) is 24.5. The zero-order valence-corrected chi connectivity index (χ0v) is 15.2. The Bertz CT molecular complexity index is 526. The molecule has 2 unspecified atom stereocenters. The molecule has 25 heavy (non-hydrogen) atoms. The zero-order valence-electron chi connectivity index (χ0n) is 15.2. The Kier molecular flexibility index (Phi) is 6.51. The third-order valence-electron chi connectivity index (χ3n) is 5.61. The van der Waals surface area contributed by atoms with Crippen LogP contribution in [0.5, 0.6) is 0 Å². The van der Waals surface area contributed by atoms with Crippen molar-refractivity contribution >= 4 is 5.91 Å². The van der Waals surface area contributed by atoms with Crippen molar-refractivity contribution in [3.8, 4) is 0 Å². The van der Waals surface area contributed by atoms with Crippen LogP contribution in [0.25, 0.3) is 0 Å². The maximum atomic E-state index is 12.4. The van der Waals surface area contributed by atoms with E-state index in [1.807, 2.05) is 0 Å². The second kappa shape index (κ2) is 8.83. The lowest BCUT2D eigenvalue weighted by Gasteiger charge is -2.32. The number of piperidine rings is 1. The van der Waals surface area contributed by atoms with E-state index in [0.29, 0.717) is 24.8 Å². The fraction of sp³-hybridized carbons (Fsp3) is 0.737. The molecule has 140 valence electrons. The molecule has 2 fully saturated rings. The van der Waals surface area contributed by atoms with Crippen molar-refractivity contribution in [2.24, 2.45) is 0 Å². The second-order valence-corrected chi connectivity index (χ2v) is 7.31. The quantitative estimate of drug-likeness (QED) is 0.785. The summed E-state index contributed by atoms with van der Waals surface area (Å²) in [5, 5.41) is 13.5. The molecular weight excluding hydrogens is 318 g/mol. The van der Waals surface area contributed by atoms with Crippen LogP contribution in [0.2, 0.25) is 0 Å². The van der Waals surface area contributed by atoms with Crippen LogP contribution < -0.4 is 5.32 Å². The predicted molar refractivity (Wildman–Crippen MR) is 96.2 cm³/mol. The number of nitrogens with one attached hydrogen (secondary N) is 1. The van der Waals surface area contributed by atoms with Crippen molar-refractivity contribution in [1.29, 1.82) is 0 Å². The van der Waals surface area contributed by atoms with E-state index in [2.05, 4.69) is 22.0 Å². The first-order valence-corrected chi connectivity index (χ1v) is 9.63. The maximum absolute atomic E-state index is 12.4. The highest BCUT2D eigenvalue weighted by Gasteiger charge is 2.30. The van der Waals surface area contributed by atoms with Gasteiger partial charge in [0.05, 0.1) is 12.8 Å². The number of carbonyl (C=O) groups is 1. The molecule has 0 aliphatic carbocycles. The van der Waals surface area contributed by atoms with Gasteiger partial charge in [-0.05, 0) is 57.3 Å². The van der Waals surface area contributed by atoms with Gasteiger partial charge in [0.25, 0.3) is 0 Å². The van der Waals surface area contributed by atoms with Gasteiger partial charge < -0.3 is 19.7 Å². The van der Waals surface area contributed by atoms with E-state index in [-0.39, 0.29) is 11.9 Å². The van der Waals surface area contributed by atoms with E-state index < -0.39 is 6.10 Å². The average Bonchev–Trinajstić information content (AvgIpc) is 3.28. The molecule has 0 bridgehead atoms. The van der Waals surface area contributed by atoms with Crippen LogP contribution in [0.3, 0.4) is 0 Å². The number of nitrogens with zero attached hydrogens (tertiary/aromatic N) is 2. The number of amides is 1. The summed E-state index contributed by atoms with van der Waals surface area (Å²) in [6.07, 6.45) is 5.80. The first kappa shape index (κ1) is 18.4. The van der Waals surface area contributed by atoms with Gasteiger partial charge >= 0.3 is 0 Å². The van der Waals surface area contributed by atoms with Crippen LogP contribution in [0.15, 0.2) is 22.8 Å². The van der Waals surface area contributed by atoms with Crippen molar-refractivity contribution in [2.75, 3.05) is 32.7 Å². The molecular formula is C19H31N3O3. The molecule has 6 heteroatoms. The molecule has 3 heterocycles. The Hall–Kier alpha value is -1.37.